The van der Waals surface area contributed by atoms with Crippen molar-refractivity contribution in [3.8, 4) is 0 Å². The normalized spacial score (nSPS) is 10.9. The van der Waals surface area contributed by atoms with Crippen molar-refractivity contribution in [3.63, 3.8) is 0 Å². The van der Waals surface area contributed by atoms with Crippen LogP contribution in [0, 0.1) is 0 Å². The van der Waals surface area contributed by atoms with Crippen LogP contribution in [-0.4, -0.2) is 28.2 Å². The van der Waals surface area contributed by atoms with Crippen LogP contribution in [0.25, 0.3) is 10.9 Å². The zero-order valence-corrected chi connectivity index (χ0v) is 13.7. The van der Waals surface area contributed by atoms with Crippen LogP contribution in [0.4, 0.5) is 0 Å². The highest BCUT2D eigenvalue weighted by atomic mass is 32.2. The van der Waals surface area contributed by atoms with Gasteiger partial charge < -0.3 is 10.3 Å². The van der Waals surface area contributed by atoms with Gasteiger partial charge >= 0.3 is 0 Å². The molecule has 0 bridgehead atoms. The maximum Gasteiger partial charge on any atom is 0.224 e. The summed E-state index contributed by atoms with van der Waals surface area (Å²) < 4.78 is 1.09. The highest BCUT2D eigenvalue weighted by Gasteiger charge is 2.08. The second-order valence-corrected chi connectivity index (χ2v) is 7.12. The van der Waals surface area contributed by atoms with Crippen LogP contribution in [-0.2, 0) is 11.2 Å². The fourth-order valence-corrected chi connectivity index (χ4v) is 3.90. The largest absolute Gasteiger partial charge is 0.361 e. The number of nitrogens with one attached hydrogen (secondary N) is 2. The number of rotatable bonds is 7. The summed E-state index contributed by atoms with van der Waals surface area (Å²) in [4.78, 5) is 19.4. The molecule has 0 aliphatic heterocycles. The Hall–Kier alpha value is -1.79. The summed E-state index contributed by atoms with van der Waals surface area (Å²) >= 11 is 3.39. The van der Waals surface area contributed by atoms with Crippen LogP contribution in [0.5, 0.6) is 0 Å². The van der Waals surface area contributed by atoms with E-state index in [1.807, 2.05) is 42.0 Å². The molecule has 3 rings (SSSR count). The lowest BCUT2D eigenvalue weighted by Crippen LogP contribution is -2.26. The summed E-state index contributed by atoms with van der Waals surface area (Å²) in [5.41, 5.74) is 2.12. The molecule has 2 N–H and O–H groups in total. The summed E-state index contributed by atoms with van der Waals surface area (Å²) in [6.45, 7) is 0.708. The number of aromatic nitrogens is 2. The molecule has 1 amide bonds. The average Bonchev–Trinajstić information content (AvgIpc) is 3.17. The zero-order chi connectivity index (χ0) is 15.2. The Morgan fingerprint density at radius 1 is 1.36 bits per heavy atom. The van der Waals surface area contributed by atoms with E-state index >= 15 is 0 Å². The van der Waals surface area contributed by atoms with E-state index in [-0.39, 0.29) is 5.91 Å². The van der Waals surface area contributed by atoms with E-state index in [2.05, 4.69) is 15.3 Å². The molecule has 4 nitrogen and oxygen atoms in total. The summed E-state index contributed by atoms with van der Waals surface area (Å²) in [5.74, 6) is 1.05. The number of fused-ring (bicyclic) bond motifs is 1. The highest BCUT2D eigenvalue weighted by molar-refractivity contribution is 8.00. The molecule has 0 atom stereocenters. The Labute approximate surface area is 137 Å². The maximum absolute atomic E-state index is 12.0. The van der Waals surface area contributed by atoms with Crippen molar-refractivity contribution in [1.82, 2.24) is 15.3 Å². The van der Waals surface area contributed by atoms with Crippen LogP contribution >= 0.6 is 23.1 Å². The number of amides is 1. The Morgan fingerprint density at radius 3 is 3.14 bits per heavy atom. The van der Waals surface area contributed by atoms with Crippen LogP contribution in [0.2, 0.25) is 0 Å². The molecule has 0 saturated carbocycles. The molecule has 3 aromatic rings. The van der Waals surface area contributed by atoms with Crippen molar-refractivity contribution in [2.75, 3.05) is 12.3 Å². The van der Waals surface area contributed by atoms with Crippen LogP contribution in [0.1, 0.15) is 12.0 Å². The number of hydrogen-bond acceptors (Lipinski definition) is 4. The molecule has 22 heavy (non-hydrogen) atoms. The predicted octanol–water partition coefficient (Wildman–Crippen LogP) is 3.47. The second-order valence-electron chi connectivity index (χ2n) is 4.89. The molecule has 0 spiro atoms. The van der Waals surface area contributed by atoms with Gasteiger partial charge in [-0.2, -0.15) is 0 Å². The third-order valence-corrected chi connectivity index (χ3v) is 5.36. The molecule has 2 aromatic heterocycles. The minimum atomic E-state index is 0.0731. The number of hydrogen-bond donors (Lipinski definition) is 2. The van der Waals surface area contributed by atoms with Gasteiger partial charge in [0.2, 0.25) is 5.91 Å². The van der Waals surface area contributed by atoms with E-state index in [0.717, 1.165) is 33.0 Å². The van der Waals surface area contributed by atoms with Gasteiger partial charge in [0.1, 0.15) is 4.34 Å². The molecule has 0 unspecified atom stereocenters. The Morgan fingerprint density at radius 2 is 2.27 bits per heavy atom. The van der Waals surface area contributed by atoms with Gasteiger partial charge in [0.15, 0.2) is 0 Å². The van der Waals surface area contributed by atoms with E-state index in [4.69, 9.17) is 0 Å². The molecule has 0 fully saturated rings. The van der Waals surface area contributed by atoms with Gasteiger partial charge in [0.25, 0.3) is 0 Å². The molecule has 6 heteroatoms. The van der Waals surface area contributed by atoms with Crippen molar-refractivity contribution in [2.45, 2.75) is 17.2 Å². The summed E-state index contributed by atoms with van der Waals surface area (Å²) in [7, 11) is 0. The number of nitrogens with zero attached hydrogens (tertiary/aromatic N) is 1. The smallest absolute Gasteiger partial charge is 0.224 e. The Bertz CT molecular complexity index is 737. The minimum Gasteiger partial charge on any atom is -0.361 e. The highest BCUT2D eigenvalue weighted by Crippen LogP contribution is 2.20. The number of thioether (sulfide) groups is 1. The summed E-state index contributed by atoms with van der Waals surface area (Å²) in [6, 6.07) is 8.04. The third-order valence-electron chi connectivity index (χ3n) is 3.30. The molecular weight excluding hydrogens is 314 g/mol. The average molecular weight is 331 g/mol. The number of benzene rings is 1. The van der Waals surface area contributed by atoms with Gasteiger partial charge in [-0.15, -0.1) is 11.3 Å². The molecule has 1 aromatic carbocycles. The number of thiazole rings is 1. The first-order chi connectivity index (χ1) is 10.8. The van der Waals surface area contributed by atoms with E-state index in [9.17, 15) is 4.79 Å². The standard InChI is InChI=1S/C16H17N3OS2/c20-15(17-6-3-8-21-16-18-7-9-22-16)10-12-11-19-14-5-2-1-4-13(12)14/h1-2,4-5,7,9,11,19H,3,6,8,10H2,(H,17,20). The van der Waals surface area contributed by atoms with E-state index in [1.165, 1.54) is 0 Å². The summed E-state index contributed by atoms with van der Waals surface area (Å²) in [5, 5.41) is 6.08. The molecule has 0 radical (unpaired) electrons. The van der Waals surface area contributed by atoms with Crippen molar-refractivity contribution in [2.24, 2.45) is 0 Å². The first-order valence-corrected chi connectivity index (χ1v) is 9.03. The van der Waals surface area contributed by atoms with Gasteiger partial charge in [-0.05, 0) is 18.1 Å². The topological polar surface area (TPSA) is 57.8 Å². The second kappa shape index (κ2) is 7.47. The first kappa shape index (κ1) is 15.1. The van der Waals surface area contributed by atoms with Gasteiger partial charge in [-0.25, -0.2) is 4.98 Å². The van der Waals surface area contributed by atoms with Crippen molar-refractivity contribution < 1.29 is 4.79 Å². The van der Waals surface area contributed by atoms with Gasteiger partial charge in [-0.1, -0.05) is 30.0 Å². The zero-order valence-electron chi connectivity index (χ0n) is 12.0. The first-order valence-electron chi connectivity index (χ1n) is 7.17. The van der Waals surface area contributed by atoms with E-state index in [1.54, 1.807) is 23.1 Å². The Balaban J connectivity index is 1.41. The number of aromatic amines is 1. The molecule has 0 aliphatic carbocycles. The van der Waals surface area contributed by atoms with Gasteiger partial charge in [0, 0.05) is 41.0 Å². The Kier molecular flexibility index (Phi) is 5.13. The lowest BCUT2D eigenvalue weighted by molar-refractivity contribution is -0.120. The van der Waals surface area contributed by atoms with Gasteiger partial charge in [-0.3, -0.25) is 4.79 Å². The molecule has 0 saturated heterocycles. The third kappa shape index (κ3) is 3.90. The SMILES string of the molecule is O=C(Cc1c[nH]c2ccccc12)NCCCSc1nccs1. The molecule has 2 heterocycles. The van der Waals surface area contributed by atoms with Crippen LogP contribution < -0.4 is 5.32 Å². The van der Waals surface area contributed by atoms with Crippen molar-refractivity contribution in [3.05, 3.63) is 47.6 Å². The van der Waals surface area contributed by atoms with Gasteiger partial charge in [0.05, 0.1) is 6.42 Å². The number of H-pyrrole nitrogens is 1. The van der Waals surface area contributed by atoms with E-state index < -0.39 is 0 Å². The lowest BCUT2D eigenvalue weighted by Gasteiger charge is -2.04. The fourth-order valence-electron chi connectivity index (χ4n) is 2.25. The lowest BCUT2D eigenvalue weighted by atomic mass is 10.1. The van der Waals surface area contributed by atoms with Crippen molar-refractivity contribution in [1.29, 1.82) is 0 Å². The van der Waals surface area contributed by atoms with Crippen LogP contribution in [0.3, 0.4) is 0 Å². The van der Waals surface area contributed by atoms with Crippen LogP contribution in [0.15, 0.2) is 46.4 Å². The molecule has 0 aliphatic rings. The van der Waals surface area contributed by atoms with Crippen molar-refractivity contribution >= 4 is 39.9 Å². The predicted molar refractivity (Wildman–Crippen MR) is 92.5 cm³/mol. The summed E-state index contributed by atoms with van der Waals surface area (Å²) in [6.07, 6.45) is 5.10. The molecular formula is C16H17N3OS2. The number of carbonyl (C=O) groups is 1. The molecule has 114 valence electrons. The number of para-hydroxylation sites is 1. The van der Waals surface area contributed by atoms with E-state index in [0.29, 0.717) is 13.0 Å². The fraction of sp³-hybridized carbons (Fsp3) is 0.250. The quantitative estimate of drug-likeness (QED) is 0.515. The monoisotopic (exact) mass is 331 g/mol. The maximum atomic E-state index is 12.0. The minimum absolute atomic E-state index is 0.0731. The number of carbonyl (C=O) groups excluding carboxylic acids is 1.